The molecule has 0 saturated carbocycles. The van der Waals surface area contributed by atoms with Crippen molar-refractivity contribution in [3.63, 3.8) is 0 Å². The first-order chi connectivity index (χ1) is 14.2. The monoisotopic (exact) mass is 423 g/mol. The van der Waals surface area contributed by atoms with Gasteiger partial charge in [0.25, 0.3) is 5.91 Å². The standard InChI is InChI=1S/C19H20F3N5O3/c1-12(28)27(23)18(29)15-6-7-17(25-24-15)26-10-8-13(9-11-26)30-16-5-3-2-4-14(16)19(20,21)22/h2-7,13H,8-11,23H2,1H3. The Morgan fingerprint density at radius 3 is 2.37 bits per heavy atom. The van der Waals surface area contributed by atoms with E-state index in [2.05, 4.69) is 10.2 Å². The van der Waals surface area contributed by atoms with Crippen LogP contribution >= 0.6 is 0 Å². The number of hydrazine groups is 1. The Kier molecular flexibility index (Phi) is 6.20. The van der Waals surface area contributed by atoms with Crippen molar-refractivity contribution in [3.8, 4) is 5.75 Å². The van der Waals surface area contributed by atoms with Crippen LogP contribution < -0.4 is 15.5 Å². The van der Waals surface area contributed by atoms with E-state index >= 15 is 0 Å². The summed E-state index contributed by atoms with van der Waals surface area (Å²) in [6.07, 6.45) is -3.85. The lowest BCUT2D eigenvalue weighted by Gasteiger charge is -2.33. The van der Waals surface area contributed by atoms with Crippen LogP contribution in [0.4, 0.5) is 19.0 Å². The van der Waals surface area contributed by atoms with Crippen LogP contribution in [0.5, 0.6) is 5.75 Å². The van der Waals surface area contributed by atoms with Crippen molar-refractivity contribution >= 4 is 17.6 Å². The van der Waals surface area contributed by atoms with Crippen molar-refractivity contribution in [1.29, 1.82) is 0 Å². The molecule has 1 aliphatic rings. The summed E-state index contributed by atoms with van der Waals surface area (Å²) in [5.74, 6) is 4.30. The predicted octanol–water partition coefficient (Wildman–Crippen LogP) is 2.41. The first-order valence-corrected chi connectivity index (χ1v) is 9.18. The van der Waals surface area contributed by atoms with Gasteiger partial charge in [0, 0.05) is 32.9 Å². The molecule has 1 aromatic heterocycles. The summed E-state index contributed by atoms with van der Waals surface area (Å²) < 4.78 is 45.0. The van der Waals surface area contributed by atoms with Gasteiger partial charge in [-0.2, -0.15) is 13.2 Å². The predicted molar refractivity (Wildman–Crippen MR) is 100 cm³/mol. The topological polar surface area (TPSA) is 102 Å². The molecule has 30 heavy (non-hydrogen) atoms. The number of anilines is 1. The second kappa shape index (κ2) is 8.66. The third-order valence-corrected chi connectivity index (χ3v) is 4.68. The number of para-hydroxylation sites is 1. The number of ether oxygens (including phenoxy) is 1. The quantitative estimate of drug-likeness (QED) is 0.458. The average Bonchev–Trinajstić information content (AvgIpc) is 2.73. The molecule has 0 spiro atoms. The first-order valence-electron chi connectivity index (χ1n) is 9.18. The molecule has 1 saturated heterocycles. The maximum absolute atomic E-state index is 13.1. The molecule has 2 aromatic rings. The number of rotatable bonds is 4. The Bertz CT molecular complexity index is 912. The molecule has 0 aliphatic carbocycles. The zero-order valence-corrected chi connectivity index (χ0v) is 16.1. The smallest absolute Gasteiger partial charge is 0.419 e. The lowest BCUT2D eigenvalue weighted by molar-refractivity contribution is -0.139. The van der Waals surface area contributed by atoms with E-state index in [-0.39, 0.29) is 17.5 Å². The van der Waals surface area contributed by atoms with E-state index in [0.717, 1.165) is 13.0 Å². The third kappa shape index (κ3) is 4.85. The number of nitrogens with zero attached hydrogens (tertiary/aromatic N) is 4. The van der Waals surface area contributed by atoms with Gasteiger partial charge in [-0.25, -0.2) is 10.9 Å². The van der Waals surface area contributed by atoms with Crippen LogP contribution in [0.3, 0.4) is 0 Å². The zero-order valence-electron chi connectivity index (χ0n) is 16.1. The van der Waals surface area contributed by atoms with Crippen LogP contribution in [0.2, 0.25) is 0 Å². The summed E-state index contributed by atoms with van der Waals surface area (Å²) in [6.45, 7) is 2.15. The van der Waals surface area contributed by atoms with Gasteiger partial charge in [0.1, 0.15) is 11.9 Å². The van der Waals surface area contributed by atoms with Crippen molar-refractivity contribution in [2.24, 2.45) is 5.84 Å². The molecule has 0 radical (unpaired) electrons. The molecule has 8 nitrogen and oxygen atoms in total. The molecule has 2 amide bonds. The fourth-order valence-corrected chi connectivity index (χ4v) is 3.06. The molecule has 3 rings (SSSR count). The summed E-state index contributed by atoms with van der Waals surface area (Å²) >= 11 is 0. The maximum Gasteiger partial charge on any atom is 0.419 e. The van der Waals surface area contributed by atoms with Crippen LogP contribution in [0.15, 0.2) is 36.4 Å². The van der Waals surface area contributed by atoms with E-state index in [9.17, 15) is 22.8 Å². The SMILES string of the molecule is CC(=O)N(N)C(=O)c1ccc(N2CCC(Oc3ccccc3C(F)(F)F)CC2)nn1. The van der Waals surface area contributed by atoms with Crippen LogP contribution in [-0.4, -0.2) is 46.2 Å². The van der Waals surface area contributed by atoms with Gasteiger partial charge in [-0.05, 0) is 24.3 Å². The van der Waals surface area contributed by atoms with Crippen LogP contribution in [0.25, 0.3) is 0 Å². The minimum Gasteiger partial charge on any atom is -0.490 e. The Balaban J connectivity index is 1.60. The number of hydrogen-bond acceptors (Lipinski definition) is 7. The molecule has 0 atom stereocenters. The summed E-state index contributed by atoms with van der Waals surface area (Å²) in [5, 5.41) is 8.25. The van der Waals surface area contributed by atoms with Gasteiger partial charge in [0.2, 0.25) is 5.91 Å². The molecule has 0 unspecified atom stereocenters. The number of alkyl halides is 3. The molecule has 1 aliphatic heterocycles. The van der Waals surface area contributed by atoms with E-state index in [1.54, 1.807) is 6.07 Å². The summed E-state index contributed by atoms with van der Waals surface area (Å²) in [6, 6.07) is 8.14. The Labute approximate surface area is 170 Å². The lowest BCUT2D eigenvalue weighted by Crippen LogP contribution is -2.42. The Morgan fingerprint density at radius 1 is 1.13 bits per heavy atom. The highest BCUT2D eigenvalue weighted by Gasteiger charge is 2.35. The Hall–Kier alpha value is -3.21. The van der Waals surface area contributed by atoms with Gasteiger partial charge >= 0.3 is 6.18 Å². The number of imide groups is 1. The van der Waals surface area contributed by atoms with E-state index in [1.807, 2.05) is 4.90 Å². The summed E-state index contributed by atoms with van der Waals surface area (Å²) in [4.78, 5) is 25.0. The number of aromatic nitrogens is 2. The van der Waals surface area contributed by atoms with Crippen molar-refractivity contribution < 1.29 is 27.5 Å². The van der Waals surface area contributed by atoms with Crippen molar-refractivity contribution in [1.82, 2.24) is 15.2 Å². The number of piperidine rings is 1. The minimum absolute atomic E-state index is 0.0709. The number of hydrogen-bond donors (Lipinski definition) is 1. The number of benzene rings is 1. The van der Waals surface area contributed by atoms with E-state index in [1.165, 1.54) is 24.3 Å². The van der Waals surface area contributed by atoms with E-state index in [0.29, 0.717) is 36.8 Å². The van der Waals surface area contributed by atoms with Gasteiger partial charge < -0.3 is 9.64 Å². The second-order valence-electron chi connectivity index (χ2n) is 6.77. The summed E-state index contributed by atoms with van der Waals surface area (Å²) in [5.41, 5.74) is -0.864. The molecule has 1 fully saturated rings. The molecule has 160 valence electrons. The van der Waals surface area contributed by atoms with Crippen LogP contribution in [0.1, 0.15) is 35.8 Å². The second-order valence-corrected chi connectivity index (χ2v) is 6.77. The number of amides is 2. The van der Waals surface area contributed by atoms with Gasteiger partial charge in [-0.1, -0.05) is 12.1 Å². The summed E-state index contributed by atoms with van der Waals surface area (Å²) in [7, 11) is 0. The molecule has 0 bridgehead atoms. The van der Waals surface area contributed by atoms with Gasteiger partial charge in [0.15, 0.2) is 11.5 Å². The minimum atomic E-state index is -4.48. The number of nitrogens with two attached hydrogens (primary N) is 1. The molecule has 2 heterocycles. The van der Waals surface area contributed by atoms with Crippen LogP contribution in [0, 0.1) is 0 Å². The van der Waals surface area contributed by atoms with Gasteiger partial charge in [-0.15, -0.1) is 10.2 Å². The van der Waals surface area contributed by atoms with Gasteiger partial charge in [-0.3, -0.25) is 9.59 Å². The van der Waals surface area contributed by atoms with E-state index < -0.39 is 23.6 Å². The fraction of sp³-hybridized carbons (Fsp3) is 0.368. The van der Waals surface area contributed by atoms with Crippen molar-refractivity contribution in [2.45, 2.75) is 32.0 Å². The highest BCUT2D eigenvalue weighted by atomic mass is 19.4. The maximum atomic E-state index is 13.1. The molecule has 2 N–H and O–H groups in total. The fourth-order valence-electron chi connectivity index (χ4n) is 3.06. The normalized spacial score (nSPS) is 15.0. The Morgan fingerprint density at radius 2 is 1.80 bits per heavy atom. The number of halogens is 3. The van der Waals surface area contributed by atoms with Crippen molar-refractivity contribution in [2.75, 3.05) is 18.0 Å². The number of carbonyl (C=O) groups excluding carboxylic acids is 2. The zero-order chi connectivity index (χ0) is 21.9. The lowest BCUT2D eigenvalue weighted by atomic mass is 10.1. The average molecular weight is 423 g/mol. The largest absolute Gasteiger partial charge is 0.490 e. The molecule has 1 aromatic carbocycles. The van der Waals surface area contributed by atoms with E-state index in [4.69, 9.17) is 10.6 Å². The number of carbonyl (C=O) groups is 2. The third-order valence-electron chi connectivity index (χ3n) is 4.68. The van der Waals surface area contributed by atoms with Crippen molar-refractivity contribution in [3.05, 3.63) is 47.7 Å². The molecular weight excluding hydrogens is 403 g/mol. The highest BCUT2D eigenvalue weighted by Crippen LogP contribution is 2.37. The first kappa shape index (κ1) is 21.5. The van der Waals surface area contributed by atoms with Crippen LogP contribution in [-0.2, 0) is 11.0 Å². The molecule has 11 heteroatoms. The van der Waals surface area contributed by atoms with Gasteiger partial charge in [0.05, 0.1) is 5.56 Å². The highest BCUT2D eigenvalue weighted by molar-refractivity contribution is 6.02. The molecular formula is C19H20F3N5O3.